The monoisotopic (exact) mass is 474 g/mol. The number of carbonyl (C=O) groups excluding carboxylic acids is 2. The Hall–Kier alpha value is -4.21. The minimum Gasteiger partial charge on any atom is -0.459 e. The number of hydrogen-bond donors (Lipinski definition) is 0. The molecule has 3 aromatic heterocycles. The molecule has 35 heavy (non-hydrogen) atoms. The maximum Gasteiger partial charge on any atom is 0.289 e. The van der Waals surface area contributed by atoms with Gasteiger partial charge in [0.15, 0.2) is 11.4 Å². The van der Waals surface area contributed by atoms with Crippen LogP contribution in [0.5, 0.6) is 0 Å². The van der Waals surface area contributed by atoms with Crippen LogP contribution in [0, 0.1) is 13.8 Å². The largest absolute Gasteiger partial charge is 0.459 e. The third kappa shape index (κ3) is 4.34. The number of furan rings is 1. The number of amides is 2. The number of piperazine rings is 1. The van der Waals surface area contributed by atoms with Crippen molar-refractivity contribution in [2.75, 3.05) is 26.2 Å². The molecule has 0 N–H and O–H groups in total. The normalized spacial score (nSPS) is 14.0. The Morgan fingerprint density at radius 3 is 2.40 bits per heavy atom. The van der Waals surface area contributed by atoms with E-state index in [2.05, 4.69) is 10.1 Å². The van der Waals surface area contributed by atoms with Gasteiger partial charge in [0.25, 0.3) is 11.5 Å². The molecule has 0 atom stereocenters. The molecule has 0 unspecified atom stereocenters. The molecule has 1 aromatic carbocycles. The van der Waals surface area contributed by atoms with Crippen LogP contribution in [0.2, 0.25) is 0 Å². The Balaban J connectivity index is 1.25. The van der Waals surface area contributed by atoms with E-state index in [1.807, 2.05) is 31.2 Å². The van der Waals surface area contributed by atoms with Crippen LogP contribution in [-0.4, -0.2) is 67.1 Å². The van der Waals surface area contributed by atoms with E-state index in [1.54, 1.807) is 33.5 Å². The maximum atomic E-state index is 13.2. The summed E-state index contributed by atoms with van der Waals surface area (Å²) in [5, 5.41) is 4.78. The van der Waals surface area contributed by atoms with Gasteiger partial charge in [0.1, 0.15) is 11.2 Å². The molecule has 0 saturated carbocycles. The molecule has 10 heteroatoms. The highest BCUT2D eigenvalue weighted by Gasteiger charge is 2.26. The van der Waals surface area contributed by atoms with Gasteiger partial charge in [0.2, 0.25) is 5.91 Å². The molecule has 1 saturated heterocycles. The molecule has 0 aliphatic carbocycles. The smallest absolute Gasteiger partial charge is 0.289 e. The van der Waals surface area contributed by atoms with Crippen molar-refractivity contribution in [1.29, 1.82) is 0 Å². The summed E-state index contributed by atoms with van der Waals surface area (Å²) in [5.41, 5.74) is 2.24. The summed E-state index contributed by atoms with van der Waals surface area (Å²) in [7, 11) is 0. The minimum atomic E-state index is -0.215. The number of nitrogens with zero attached hydrogens (tertiary/aromatic N) is 6. The quantitative estimate of drug-likeness (QED) is 0.439. The van der Waals surface area contributed by atoms with Crippen LogP contribution < -0.4 is 5.56 Å². The highest BCUT2D eigenvalue weighted by molar-refractivity contribution is 5.91. The van der Waals surface area contributed by atoms with Crippen molar-refractivity contribution >= 4 is 22.8 Å². The Kier molecular flexibility index (Phi) is 5.94. The molecule has 180 valence electrons. The van der Waals surface area contributed by atoms with Crippen LogP contribution in [0.1, 0.15) is 28.4 Å². The summed E-state index contributed by atoms with van der Waals surface area (Å²) in [6, 6.07) is 11.1. The van der Waals surface area contributed by atoms with Crippen LogP contribution in [0.3, 0.4) is 0 Å². The van der Waals surface area contributed by atoms with Gasteiger partial charge >= 0.3 is 0 Å². The molecule has 2 amide bonds. The topological polar surface area (TPSA) is 106 Å². The SMILES string of the molecule is Cc1ccc(-n2ncc3c(=O)n(CCC(=O)N4CCN(C(=O)c5ccco5)CC4)c(C)nc32)cc1. The predicted octanol–water partition coefficient (Wildman–Crippen LogP) is 2.17. The average molecular weight is 475 g/mol. The lowest BCUT2D eigenvalue weighted by molar-refractivity contribution is -0.132. The minimum absolute atomic E-state index is 0.0585. The average Bonchev–Trinajstić information content (AvgIpc) is 3.55. The third-order valence-electron chi connectivity index (χ3n) is 6.36. The van der Waals surface area contributed by atoms with Gasteiger partial charge in [-0.3, -0.25) is 19.0 Å². The highest BCUT2D eigenvalue weighted by Crippen LogP contribution is 2.16. The lowest BCUT2D eigenvalue weighted by Crippen LogP contribution is -2.50. The first-order chi connectivity index (χ1) is 16.9. The summed E-state index contributed by atoms with van der Waals surface area (Å²) in [5.74, 6) is 0.595. The van der Waals surface area contributed by atoms with Gasteiger partial charge in [0, 0.05) is 39.1 Å². The van der Waals surface area contributed by atoms with Crippen LogP contribution in [0.25, 0.3) is 16.7 Å². The molecular formula is C25H26N6O4. The van der Waals surface area contributed by atoms with E-state index in [-0.39, 0.29) is 30.3 Å². The lowest BCUT2D eigenvalue weighted by Gasteiger charge is -2.34. The molecule has 0 spiro atoms. The van der Waals surface area contributed by atoms with Gasteiger partial charge in [-0.15, -0.1) is 0 Å². The first kappa shape index (κ1) is 22.6. The van der Waals surface area contributed by atoms with Gasteiger partial charge < -0.3 is 14.2 Å². The van der Waals surface area contributed by atoms with Gasteiger partial charge in [-0.2, -0.15) is 5.10 Å². The van der Waals surface area contributed by atoms with Crippen molar-refractivity contribution in [3.05, 3.63) is 76.4 Å². The number of fused-ring (bicyclic) bond motifs is 1. The van der Waals surface area contributed by atoms with Crippen LogP contribution in [0.15, 0.2) is 58.1 Å². The van der Waals surface area contributed by atoms with E-state index in [9.17, 15) is 14.4 Å². The third-order valence-corrected chi connectivity index (χ3v) is 6.36. The van der Waals surface area contributed by atoms with Crippen LogP contribution >= 0.6 is 0 Å². The molecule has 1 aliphatic heterocycles. The summed E-state index contributed by atoms with van der Waals surface area (Å²) >= 11 is 0. The number of rotatable bonds is 5. The van der Waals surface area contributed by atoms with Gasteiger partial charge in [-0.05, 0) is 38.1 Å². The zero-order valence-electron chi connectivity index (χ0n) is 19.7. The molecule has 4 aromatic rings. The van der Waals surface area contributed by atoms with E-state index in [4.69, 9.17) is 4.42 Å². The zero-order valence-corrected chi connectivity index (χ0v) is 19.7. The second-order valence-electron chi connectivity index (χ2n) is 8.65. The molecule has 0 bridgehead atoms. The molecule has 4 heterocycles. The fourth-order valence-electron chi connectivity index (χ4n) is 4.33. The van der Waals surface area contributed by atoms with E-state index in [0.29, 0.717) is 48.8 Å². The van der Waals surface area contributed by atoms with E-state index >= 15 is 0 Å². The second kappa shape index (κ2) is 9.21. The first-order valence-corrected chi connectivity index (χ1v) is 11.5. The molecule has 10 nitrogen and oxygen atoms in total. The van der Waals surface area contributed by atoms with Crippen LogP contribution in [-0.2, 0) is 11.3 Å². The summed E-state index contributed by atoms with van der Waals surface area (Å²) in [6.07, 6.45) is 3.17. The number of carbonyl (C=O) groups is 2. The Bertz CT molecular complexity index is 1430. The molecule has 5 rings (SSSR count). The molecule has 1 fully saturated rings. The summed E-state index contributed by atoms with van der Waals surface area (Å²) < 4.78 is 8.36. The summed E-state index contributed by atoms with van der Waals surface area (Å²) in [6.45, 7) is 5.77. The maximum absolute atomic E-state index is 13.2. The second-order valence-corrected chi connectivity index (χ2v) is 8.65. The van der Waals surface area contributed by atoms with Gasteiger partial charge in [0.05, 0.1) is 18.1 Å². The standard InChI is InChI=1S/C25H26N6O4/c1-17-5-7-19(8-6-17)31-23-20(16-26-31)24(33)30(18(2)27-23)10-9-22(32)28-11-13-29(14-12-28)25(34)21-4-3-15-35-21/h3-8,15-16H,9-14H2,1-2H3. The highest BCUT2D eigenvalue weighted by atomic mass is 16.3. The van der Waals surface area contributed by atoms with E-state index in [1.165, 1.54) is 17.0 Å². The van der Waals surface area contributed by atoms with Gasteiger partial charge in [-0.25, -0.2) is 9.67 Å². The van der Waals surface area contributed by atoms with E-state index < -0.39 is 0 Å². The molecule has 0 radical (unpaired) electrons. The number of aryl methyl sites for hydroxylation is 2. The fraction of sp³-hybridized carbons (Fsp3) is 0.320. The fourth-order valence-corrected chi connectivity index (χ4v) is 4.33. The molecular weight excluding hydrogens is 448 g/mol. The van der Waals surface area contributed by atoms with E-state index in [0.717, 1.165) is 11.3 Å². The number of benzene rings is 1. The Morgan fingerprint density at radius 2 is 1.71 bits per heavy atom. The van der Waals surface area contributed by atoms with Crippen molar-refractivity contribution in [3.8, 4) is 5.69 Å². The van der Waals surface area contributed by atoms with Crippen LogP contribution in [0.4, 0.5) is 0 Å². The number of hydrogen-bond acceptors (Lipinski definition) is 6. The Morgan fingerprint density at radius 1 is 1.00 bits per heavy atom. The van der Waals surface area contributed by atoms with Gasteiger partial charge in [-0.1, -0.05) is 17.7 Å². The lowest BCUT2D eigenvalue weighted by atomic mass is 10.2. The zero-order chi connectivity index (χ0) is 24.5. The van der Waals surface area contributed by atoms with Crippen molar-refractivity contribution in [1.82, 2.24) is 29.1 Å². The Labute approximate surface area is 201 Å². The summed E-state index contributed by atoms with van der Waals surface area (Å²) in [4.78, 5) is 46.4. The predicted molar refractivity (Wildman–Crippen MR) is 128 cm³/mol. The van der Waals surface area contributed by atoms with Crippen molar-refractivity contribution < 1.29 is 14.0 Å². The van der Waals surface area contributed by atoms with Crippen molar-refractivity contribution in [2.45, 2.75) is 26.8 Å². The van der Waals surface area contributed by atoms with Crippen molar-refractivity contribution in [3.63, 3.8) is 0 Å². The number of aromatic nitrogens is 4. The molecule has 1 aliphatic rings. The van der Waals surface area contributed by atoms with Crippen molar-refractivity contribution in [2.24, 2.45) is 0 Å². The first-order valence-electron chi connectivity index (χ1n) is 11.5.